The average Bonchev–Trinajstić information content (AvgIpc) is 2.01. The third-order valence-corrected chi connectivity index (χ3v) is 1.62. The van der Waals surface area contributed by atoms with Crippen LogP contribution in [-0.2, 0) is 12.7 Å². The lowest BCUT2D eigenvalue weighted by molar-refractivity contribution is -0.140. The van der Waals surface area contributed by atoms with E-state index in [2.05, 4.69) is 4.98 Å². The fourth-order valence-electron chi connectivity index (χ4n) is 1.06. The zero-order valence-corrected chi connectivity index (χ0v) is 7.41. The van der Waals surface area contributed by atoms with Crippen molar-refractivity contribution in [3.63, 3.8) is 0 Å². The van der Waals surface area contributed by atoms with Gasteiger partial charge in [0.1, 0.15) is 0 Å². The number of hydrogen-bond donors (Lipinski definition) is 1. The van der Waals surface area contributed by atoms with Gasteiger partial charge in [0.15, 0.2) is 0 Å². The number of hydrogen-bond acceptors (Lipinski definition) is 3. The Balaban J connectivity index is 3.04. The van der Waals surface area contributed by atoms with E-state index < -0.39 is 11.7 Å². The smallest absolute Gasteiger partial charge is 0.314 e. The molecule has 0 aliphatic heterocycles. The first-order chi connectivity index (χ1) is 6.41. The van der Waals surface area contributed by atoms with E-state index in [-0.39, 0.29) is 12.1 Å². The van der Waals surface area contributed by atoms with Gasteiger partial charge in [-0.25, -0.2) is 0 Å². The molecule has 1 aromatic heterocycles. The molecule has 0 saturated carbocycles. The molecule has 14 heavy (non-hydrogen) atoms. The molecular weight excluding hydrogens is 197 g/mol. The van der Waals surface area contributed by atoms with Crippen LogP contribution in [0.4, 0.5) is 13.2 Å². The number of alkyl halides is 3. The highest BCUT2D eigenvalue weighted by Gasteiger charge is 2.33. The van der Waals surface area contributed by atoms with Crippen LogP contribution in [0.1, 0.15) is 11.1 Å². The van der Waals surface area contributed by atoms with Crippen LogP contribution in [0.15, 0.2) is 18.5 Å². The van der Waals surface area contributed by atoms with E-state index in [1.807, 2.05) is 0 Å². The van der Waals surface area contributed by atoms with Crippen molar-refractivity contribution in [2.45, 2.75) is 12.7 Å². The van der Waals surface area contributed by atoms with Crippen LogP contribution < -0.4 is 0 Å². The SMILES string of the molecule is CN(O)Cc1ccncc1C(F)(F)F. The molecular formula is C8H9F3N2O. The van der Waals surface area contributed by atoms with Crippen molar-refractivity contribution in [1.82, 2.24) is 10.0 Å². The molecule has 0 aliphatic carbocycles. The Kier molecular flexibility index (Phi) is 3.07. The molecule has 0 unspecified atom stereocenters. The largest absolute Gasteiger partial charge is 0.418 e. The maximum Gasteiger partial charge on any atom is 0.418 e. The highest BCUT2D eigenvalue weighted by atomic mass is 19.4. The van der Waals surface area contributed by atoms with Crippen LogP contribution in [0.2, 0.25) is 0 Å². The first kappa shape index (κ1) is 10.9. The molecule has 0 radical (unpaired) electrons. The number of halogens is 3. The quantitative estimate of drug-likeness (QED) is 0.751. The highest BCUT2D eigenvalue weighted by molar-refractivity contribution is 5.25. The van der Waals surface area contributed by atoms with E-state index in [1.54, 1.807) is 0 Å². The van der Waals surface area contributed by atoms with Crippen LogP contribution >= 0.6 is 0 Å². The Labute approximate surface area is 78.8 Å². The predicted molar refractivity (Wildman–Crippen MR) is 42.5 cm³/mol. The van der Waals surface area contributed by atoms with Gasteiger partial charge in [-0.3, -0.25) is 4.98 Å². The molecule has 6 heteroatoms. The summed E-state index contributed by atoms with van der Waals surface area (Å²) in [6.45, 7) is -0.183. The number of aromatic nitrogens is 1. The van der Waals surface area contributed by atoms with E-state index in [4.69, 9.17) is 5.21 Å². The molecule has 3 nitrogen and oxygen atoms in total. The summed E-state index contributed by atoms with van der Waals surface area (Å²) in [4.78, 5) is 3.40. The van der Waals surface area contributed by atoms with Crippen molar-refractivity contribution in [3.8, 4) is 0 Å². The van der Waals surface area contributed by atoms with Crippen molar-refractivity contribution < 1.29 is 18.4 Å². The molecule has 1 heterocycles. The van der Waals surface area contributed by atoms with Crippen molar-refractivity contribution in [1.29, 1.82) is 0 Å². The summed E-state index contributed by atoms with van der Waals surface area (Å²) in [5.74, 6) is 0. The van der Waals surface area contributed by atoms with Crippen molar-refractivity contribution in [3.05, 3.63) is 29.6 Å². The fraction of sp³-hybridized carbons (Fsp3) is 0.375. The number of pyridine rings is 1. The van der Waals surface area contributed by atoms with Gasteiger partial charge in [-0.2, -0.15) is 18.2 Å². The minimum atomic E-state index is -4.43. The lowest BCUT2D eigenvalue weighted by Gasteiger charge is -2.14. The summed E-state index contributed by atoms with van der Waals surface area (Å²) in [6.07, 6.45) is -2.42. The van der Waals surface area contributed by atoms with Crippen molar-refractivity contribution >= 4 is 0 Å². The van der Waals surface area contributed by atoms with Gasteiger partial charge in [0.05, 0.1) is 5.56 Å². The van der Waals surface area contributed by atoms with E-state index in [0.29, 0.717) is 5.06 Å². The maximum atomic E-state index is 12.4. The topological polar surface area (TPSA) is 36.4 Å². The Bertz CT molecular complexity index is 312. The van der Waals surface area contributed by atoms with Gasteiger partial charge in [-0.05, 0) is 11.6 Å². The molecule has 0 aliphatic rings. The summed E-state index contributed by atoms with van der Waals surface area (Å²) in [6, 6.07) is 1.23. The summed E-state index contributed by atoms with van der Waals surface area (Å²) in [5, 5.41) is 9.53. The predicted octanol–water partition coefficient (Wildman–Crippen LogP) is 1.92. The van der Waals surface area contributed by atoms with Gasteiger partial charge in [0, 0.05) is 26.0 Å². The molecule has 0 aromatic carbocycles. The second-order valence-electron chi connectivity index (χ2n) is 2.85. The van der Waals surface area contributed by atoms with Gasteiger partial charge in [0.2, 0.25) is 0 Å². The highest BCUT2D eigenvalue weighted by Crippen LogP contribution is 2.31. The summed E-state index contributed by atoms with van der Waals surface area (Å²) < 4.78 is 37.1. The minimum absolute atomic E-state index is 0.00231. The first-order valence-corrected chi connectivity index (χ1v) is 3.81. The van der Waals surface area contributed by atoms with E-state index in [1.165, 1.54) is 19.3 Å². The molecule has 1 rings (SSSR count). The molecule has 0 fully saturated rings. The number of hydroxylamine groups is 2. The molecule has 0 atom stereocenters. The minimum Gasteiger partial charge on any atom is -0.314 e. The van der Waals surface area contributed by atoms with Gasteiger partial charge in [-0.1, -0.05) is 0 Å². The van der Waals surface area contributed by atoms with Crippen LogP contribution in [0.3, 0.4) is 0 Å². The molecule has 78 valence electrons. The third kappa shape index (κ3) is 2.68. The van der Waals surface area contributed by atoms with E-state index in [9.17, 15) is 13.2 Å². The van der Waals surface area contributed by atoms with Crippen LogP contribution in [0, 0.1) is 0 Å². The summed E-state index contributed by atoms with van der Waals surface area (Å²) in [5.41, 5.74) is -0.821. The second-order valence-corrected chi connectivity index (χ2v) is 2.85. The molecule has 0 saturated heterocycles. The first-order valence-electron chi connectivity index (χ1n) is 3.81. The Morgan fingerprint density at radius 2 is 2.14 bits per heavy atom. The lowest BCUT2D eigenvalue weighted by Crippen LogP contribution is -2.17. The zero-order chi connectivity index (χ0) is 10.8. The van der Waals surface area contributed by atoms with E-state index >= 15 is 0 Å². The van der Waals surface area contributed by atoms with Crippen LogP contribution in [-0.4, -0.2) is 22.3 Å². The molecule has 0 bridgehead atoms. The summed E-state index contributed by atoms with van der Waals surface area (Å²) in [7, 11) is 1.28. The standard InChI is InChI=1S/C8H9F3N2O/c1-13(14)5-6-2-3-12-4-7(6)8(9,10)11/h2-4,14H,5H2,1H3. The van der Waals surface area contributed by atoms with Gasteiger partial charge in [-0.15, -0.1) is 0 Å². The molecule has 1 aromatic rings. The van der Waals surface area contributed by atoms with Crippen LogP contribution in [0.25, 0.3) is 0 Å². The van der Waals surface area contributed by atoms with E-state index in [0.717, 1.165) is 6.20 Å². The summed E-state index contributed by atoms with van der Waals surface area (Å²) >= 11 is 0. The fourth-order valence-corrected chi connectivity index (χ4v) is 1.06. The maximum absolute atomic E-state index is 12.4. The second kappa shape index (κ2) is 3.93. The van der Waals surface area contributed by atoms with Gasteiger partial charge >= 0.3 is 6.18 Å². The Morgan fingerprint density at radius 3 is 2.64 bits per heavy atom. The van der Waals surface area contributed by atoms with Crippen molar-refractivity contribution in [2.75, 3.05) is 7.05 Å². The third-order valence-electron chi connectivity index (χ3n) is 1.62. The van der Waals surface area contributed by atoms with Gasteiger partial charge < -0.3 is 5.21 Å². The number of rotatable bonds is 2. The van der Waals surface area contributed by atoms with Crippen molar-refractivity contribution in [2.24, 2.45) is 0 Å². The normalized spacial score (nSPS) is 12.1. The Hall–Kier alpha value is -1.14. The average molecular weight is 206 g/mol. The number of nitrogens with zero attached hydrogens (tertiary/aromatic N) is 2. The molecule has 1 N–H and O–H groups in total. The Morgan fingerprint density at radius 1 is 1.50 bits per heavy atom. The lowest BCUT2D eigenvalue weighted by atomic mass is 10.1. The molecule has 0 amide bonds. The van der Waals surface area contributed by atoms with Crippen LogP contribution in [0.5, 0.6) is 0 Å². The zero-order valence-electron chi connectivity index (χ0n) is 7.41. The monoisotopic (exact) mass is 206 g/mol. The molecule has 0 spiro atoms. The van der Waals surface area contributed by atoms with Gasteiger partial charge in [0.25, 0.3) is 0 Å².